The van der Waals surface area contributed by atoms with E-state index in [2.05, 4.69) is 25.1 Å². The van der Waals surface area contributed by atoms with Gasteiger partial charge in [-0.3, -0.25) is 0 Å². The normalized spacial score (nSPS) is 35.9. The van der Waals surface area contributed by atoms with E-state index in [4.69, 9.17) is 10.5 Å². The summed E-state index contributed by atoms with van der Waals surface area (Å²) in [7, 11) is 1.73. The van der Waals surface area contributed by atoms with Crippen molar-refractivity contribution < 1.29 is 4.74 Å². The van der Waals surface area contributed by atoms with Gasteiger partial charge in [-0.1, -0.05) is 13.0 Å². The van der Waals surface area contributed by atoms with Crippen LogP contribution in [0.15, 0.2) is 18.2 Å². The minimum absolute atomic E-state index is 0.173. The zero-order chi connectivity index (χ0) is 11.3. The highest BCUT2D eigenvalue weighted by atomic mass is 16.5. The molecule has 0 aliphatic heterocycles. The molecule has 86 valence electrons. The van der Waals surface area contributed by atoms with Crippen molar-refractivity contribution in [3.63, 3.8) is 0 Å². The number of fused-ring (bicyclic) bond motifs is 4. The molecule has 2 unspecified atom stereocenters. The first-order valence-corrected chi connectivity index (χ1v) is 6.08. The predicted octanol–water partition coefficient (Wildman–Crippen LogP) is 2.25. The van der Waals surface area contributed by atoms with Crippen molar-refractivity contribution in [2.24, 2.45) is 11.7 Å². The summed E-state index contributed by atoms with van der Waals surface area (Å²) in [5.41, 5.74) is 9.46. The monoisotopic (exact) mass is 217 g/mol. The van der Waals surface area contributed by atoms with Crippen LogP contribution in [0, 0.1) is 5.92 Å². The SMILES string of the molecule is COc1ccc2c(c1)[C@@]1(C)CCC(C2)C1N. The topological polar surface area (TPSA) is 35.2 Å². The van der Waals surface area contributed by atoms with Crippen LogP contribution in [0.2, 0.25) is 0 Å². The highest BCUT2D eigenvalue weighted by Crippen LogP contribution is 2.50. The molecule has 0 radical (unpaired) electrons. The van der Waals surface area contributed by atoms with Crippen LogP contribution in [0.3, 0.4) is 0 Å². The van der Waals surface area contributed by atoms with Crippen molar-refractivity contribution in [1.29, 1.82) is 0 Å². The van der Waals surface area contributed by atoms with Crippen LogP contribution >= 0.6 is 0 Å². The Bertz CT molecular complexity index is 429. The quantitative estimate of drug-likeness (QED) is 0.783. The molecule has 2 aliphatic rings. The third kappa shape index (κ3) is 1.17. The summed E-state index contributed by atoms with van der Waals surface area (Å²) in [6.07, 6.45) is 3.64. The molecule has 1 aromatic carbocycles. The fraction of sp³-hybridized carbons (Fsp3) is 0.571. The van der Waals surface area contributed by atoms with Gasteiger partial charge in [-0.25, -0.2) is 0 Å². The van der Waals surface area contributed by atoms with E-state index >= 15 is 0 Å². The molecule has 2 bridgehead atoms. The summed E-state index contributed by atoms with van der Waals surface area (Å²) in [4.78, 5) is 0. The van der Waals surface area contributed by atoms with Crippen molar-refractivity contribution in [1.82, 2.24) is 0 Å². The Kier molecular flexibility index (Phi) is 2.05. The van der Waals surface area contributed by atoms with E-state index in [-0.39, 0.29) is 5.41 Å². The minimum atomic E-state index is 0.173. The maximum Gasteiger partial charge on any atom is 0.119 e. The third-order valence-electron chi connectivity index (χ3n) is 4.69. The van der Waals surface area contributed by atoms with Gasteiger partial charge in [0.1, 0.15) is 5.75 Å². The molecule has 0 spiro atoms. The average molecular weight is 217 g/mol. The smallest absolute Gasteiger partial charge is 0.119 e. The maximum atomic E-state index is 6.38. The van der Waals surface area contributed by atoms with Gasteiger partial charge in [-0.15, -0.1) is 0 Å². The molecule has 3 rings (SSSR count). The number of hydrogen-bond acceptors (Lipinski definition) is 2. The van der Waals surface area contributed by atoms with Gasteiger partial charge in [-0.2, -0.15) is 0 Å². The van der Waals surface area contributed by atoms with Gasteiger partial charge >= 0.3 is 0 Å². The van der Waals surface area contributed by atoms with E-state index in [1.54, 1.807) is 7.11 Å². The van der Waals surface area contributed by atoms with E-state index in [1.807, 2.05) is 0 Å². The van der Waals surface area contributed by atoms with Gasteiger partial charge in [0.05, 0.1) is 7.11 Å². The zero-order valence-electron chi connectivity index (χ0n) is 9.99. The fourth-order valence-corrected chi connectivity index (χ4v) is 3.57. The third-order valence-corrected chi connectivity index (χ3v) is 4.69. The molecule has 0 aromatic heterocycles. The molecule has 2 heteroatoms. The van der Waals surface area contributed by atoms with Gasteiger partial charge in [0.2, 0.25) is 0 Å². The van der Waals surface area contributed by atoms with Crippen molar-refractivity contribution in [3.05, 3.63) is 29.3 Å². The Morgan fingerprint density at radius 3 is 3.00 bits per heavy atom. The second-order valence-electron chi connectivity index (χ2n) is 5.47. The lowest BCUT2D eigenvalue weighted by Crippen LogP contribution is -2.46. The van der Waals surface area contributed by atoms with Crippen LogP contribution < -0.4 is 10.5 Å². The van der Waals surface area contributed by atoms with Gasteiger partial charge in [0.15, 0.2) is 0 Å². The molecular formula is C14H19NO. The summed E-state index contributed by atoms with van der Waals surface area (Å²) < 4.78 is 5.33. The minimum Gasteiger partial charge on any atom is -0.497 e. The molecule has 0 saturated heterocycles. The van der Waals surface area contributed by atoms with Crippen LogP contribution in [-0.4, -0.2) is 13.2 Å². The lowest BCUT2D eigenvalue weighted by molar-refractivity contribution is 0.343. The van der Waals surface area contributed by atoms with E-state index in [0.29, 0.717) is 12.0 Å². The lowest BCUT2D eigenvalue weighted by Gasteiger charge is -2.38. The zero-order valence-corrected chi connectivity index (χ0v) is 9.99. The average Bonchev–Trinajstić information content (AvgIpc) is 2.50. The van der Waals surface area contributed by atoms with Crippen molar-refractivity contribution in [2.45, 2.75) is 37.6 Å². The van der Waals surface area contributed by atoms with Crippen molar-refractivity contribution in [2.75, 3.05) is 7.11 Å². The molecule has 0 heterocycles. The standard InChI is InChI=1S/C14H19NO/c1-14-6-5-10(13(14)15)7-9-3-4-11(16-2)8-12(9)14/h3-4,8,10,13H,5-7,15H2,1-2H3/t10?,13?,14-/m1/s1. The van der Waals surface area contributed by atoms with Gasteiger partial charge in [0.25, 0.3) is 0 Å². The first-order chi connectivity index (χ1) is 7.65. The highest BCUT2D eigenvalue weighted by Gasteiger charge is 2.48. The predicted molar refractivity (Wildman–Crippen MR) is 64.7 cm³/mol. The largest absolute Gasteiger partial charge is 0.497 e. The van der Waals surface area contributed by atoms with Crippen LogP contribution in [0.5, 0.6) is 5.75 Å². The molecule has 0 amide bonds. The number of methoxy groups -OCH3 is 1. The van der Waals surface area contributed by atoms with E-state index in [0.717, 1.165) is 12.2 Å². The summed E-state index contributed by atoms with van der Waals surface area (Å²) in [5.74, 6) is 1.64. The summed E-state index contributed by atoms with van der Waals surface area (Å²) in [6, 6.07) is 6.80. The number of ether oxygens (including phenoxy) is 1. The molecule has 2 nitrogen and oxygen atoms in total. The number of nitrogens with two attached hydrogens (primary N) is 1. The molecule has 2 N–H and O–H groups in total. The summed E-state index contributed by atoms with van der Waals surface area (Å²) in [5, 5.41) is 0. The van der Waals surface area contributed by atoms with Crippen molar-refractivity contribution in [3.8, 4) is 5.75 Å². The van der Waals surface area contributed by atoms with E-state index in [1.165, 1.54) is 24.0 Å². The van der Waals surface area contributed by atoms with Gasteiger partial charge < -0.3 is 10.5 Å². The molecule has 2 aliphatic carbocycles. The lowest BCUT2D eigenvalue weighted by atomic mass is 9.69. The molecular weight excluding hydrogens is 198 g/mol. The van der Waals surface area contributed by atoms with Crippen LogP contribution in [-0.2, 0) is 11.8 Å². The van der Waals surface area contributed by atoms with Crippen LogP contribution in [0.1, 0.15) is 30.9 Å². The molecule has 16 heavy (non-hydrogen) atoms. The number of hydrogen-bond donors (Lipinski definition) is 1. The fourth-order valence-electron chi connectivity index (χ4n) is 3.57. The summed E-state index contributed by atoms with van der Waals surface area (Å²) in [6.45, 7) is 2.31. The highest BCUT2D eigenvalue weighted by molar-refractivity contribution is 5.45. The first kappa shape index (κ1) is 10.2. The van der Waals surface area contributed by atoms with Crippen LogP contribution in [0.25, 0.3) is 0 Å². The second-order valence-corrected chi connectivity index (χ2v) is 5.47. The second kappa shape index (κ2) is 3.24. The number of rotatable bonds is 1. The van der Waals surface area contributed by atoms with E-state index in [9.17, 15) is 0 Å². The Morgan fingerprint density at radius 1 is 1.44 bits per heavy atom. The Morgan fingerprint density at radius 2 is 2.25 bits per heavy atom. The molecule has 1 saturated carbocycles. The summed E-state index contributed by atoms with van der Waals surface area (Å²) >= 11 is 0. The number of benzene rings is 1. The van der Waals surface area contributed by atoms with Crippen molar-refractivity contribution >= 4 is 0 Å². The molecule has 1 fully saturated rings. The van der Waals surface area contributed by atoms with E-state index < -0.39 is 0 Å². The maximum absolute atomic E-state index is 6.38. The Hall–Kier alpha value is -1.02. The Balaban J connectivity index is 2.15. The van der Waals surface area contributed by atoms with Gasteiger partial charge in [-0.05, 0) is 48.4 Å². The molecule has 1 aromatic rings. The van der Waals surface area contributed by atoms with Crippen LogP contribution in [0.4, 0.5) is 0 Å². The Labute approximate surface area is 96.8 Å². The molecule has 3 atom stereocenters. The van der Waals surface area contributed by atoms with Gasteiger partial charge in [0, 0.05) is 11.5 Å². The first-order valence-electron chi connectivity index (χ1n) is 6.08.